The highest BCUT2D eigenvalue weighted by Crippen LogP contribution is 2.40. The number of nitrogens with zero attached hydrogens (tertiary/aromatic N) is 2. The van der Waals surface area contributed by atoms with Crippen molar-refractivity contribution in [2.45, 2.75) is 62.9 Å². The van der Waals surface area contributed by atoms with Gasteiger partial charge in [0.25, 0.3) is 5.91 Å². The molecule has 2 saturated carbocycles. The summed E-state index contributed by atoms with van der Waals surface area (Å²) in [7, 11) is 0. The first kappa shape index (κ1) is 16.6. The van der Waals surface area contributed by atoms with Crippen LogP contribution in [0.2, 0.25) is 0 Å². The Morgan fingerprint density at radius 1 is 1.16 bits per heavy atom. The standard InChI is InChI=1S/C18H26N4O3/c19-13-4-3-12(9-13)18(24)22-7-5-14(6-8-22)20-17(23)15-10-16(25-21-15)11-1-2-11/h10-14H,1-9,19H2,(H,20,23)/t12-,13+/m1/s1. The molecule has 2 amide bonds. The summed E-state index contributed by atoms with van der Waals surface area (Å²) < 4.78 is 5.24. The van der Waals surface area contributed by atoms with Gasteiger partial charge in [-0.3, -0.25) is 9.59 Å². The third kappa shape index (κ3) is 3.71. The quantitative estimate of drug-likeness (QED) is 0.858. The number of amides is 2. The van der Waals surface area contributed by atoms with Crippen molar-refractivity contribution in [3.05, 3.63) is 17.5 Å². The fourth-order valence-electron chi connectivity index (χ4n) is 3.96. The number of carbonyl (C=O) groups excluding carboxylic acids is 2. The topological polar surface area (TPSA) is 101 Å². The number of nitrogens with one attached hydrogen (secondary N) is 1. The van der Waals surface area contributed by atoms with E-state index in [-0.39, 0.29) is 29.8 Å². The SMILES string of the molecule is N[C@H]1CC[C@@H](C(=O)N2CCC(NC(=O)c3cc(C4CC4)on3)CC2)C1. The summed E-state index contributed by atoms with van der Waals surface area (Å²) in [6.07, 6.45) is 6.47. The minimum atomic E-state index is -0.179. The Morgan fingerprint density at radius 2 is 1.92 bits per heavy atom. The molecular formula is C18H26N4O3. The molecule has 3 fully saturated rings. The van der Waals surface area contributed by atoms with Gasteiger partial charge in [-0.25, -0.2) is 0 Å². The molecule has 1 aromatic rings. The van der Waals surface area contributed by atoms with Crippen molar-refractivity contribution in [2.75, 3.05) is 13.1 Å². The van der Waals surface area contributed by atoms with Crippen LogP contribution in [0, 0.1) is 5.92 Å². The zero-order valence-corrected chi connectivity index (χ0v) is 14.4. The molecule has 136 valence electrons. The lowest BCUT2D eigenvalue weighted by Crippen LogP contribution is -2.48. The normalized spacial score (nSPS) is 27.5. The van der Waals surface area contributed by atoms with Crippen LogP contribution in [0.3, 0.4) is 0 Å². The second-order valence-corrected chi connectivity index (χ2v) is 7.73. The molecule has 1 aromatic heterocycles. The summed E-state index contributed by atoms with van der Waals surface area (Å²) in [5.74, 6) is 1.43. The van der Waals surface area contributed by atoms with Gasteiger partial charge in [-0.1, -0.05) is 5.16 Å². The van der Waals surface area contributed by atoms with Gasteiger partial charge in [-0.2, -0.15) is 0 Å². The van der Waals surface area contributed by atoms with Gasteiger partial charge in [-0.15, -0.1) is 0 Å². The second-order valence-electron chi connectivity index (χ2n) is 7.73. The highest BCUT2D eigenvalue weighted by atomic mass is 16.5. The Balaban J connectivity index is 1.25. The van der Waals surface area contributed by atoms with Crippen molar-refractivity contribution in [1.82, 2.24) is 15.4 Å². The molecule has 2 atom stereocenters. The fraction of sp³-hybridized carbons (Fsp3) is 0.722. The monoisotopic (exact) mass is 346 g/mol. The Bertz CT molecular complexity index is 647. The Hall–Kier alpha value is -1.89. The summed E-state index contributed by atoms with van der Waals surface area (Å²) in [6.45, 7) is 1.39. The number of rotatable bonds is 4. The molecular weight excluding hydrogens is 320 g/mol. The van der Waals surface area contributed by atoms with E-state index in [1.807, 2.05) is 4.90 Å². The first-order valence-electron chi connectivity index (χ1n) is 9.42. The maximum atomic E-state index is 12.5. The zero-order valence-electron chi connectivity index (χ0n) is 14.4. The molecule has 0 aromatic carbocycles. The number of piperidine rings is 1. The number of carbonyl (C=O) groups is 2. The minimum Gasteiger partial charge on any atom is -0.360 e. The van der Waals surface area contributed by atoms with E-state index in [2.05, 4.69) is 10.5 Å². The summed E-state index contributed by atoms with van der Waals surface area (Å²) in [5.41, 5.74) is 6.28. The molecule has 0 spiro atoms. The Morgan fingerprint density at radius 3 is 2.56 bits per heavy atom. The van der Waals surface area contributed by atoms with Crippen LogP contribution in [-0.2, 0) is 4.79 Å². The summed E-state index contributed by atoms with van der Waals surface area (Å²) in [4.78, 5) is 26.8. The summed E-state index contributed by atoms with van der Waals surface area (Å²) in [5, 5.41) is 6.91. The minimum absolute atomic E-state index is 0.0865. The van der Waals surface area contributed by atoms with Crippen LogP contribution in [0.5, 0.6) is 0 Å². The average molecular weight is 346 g/mol. The van der Waals surface area contributed by atoms with Crippen molar-refractivity contribution < 1.29 is 14.1 Å². The molecule has 7 heteroatoms. The van der Waals surface area contributed by atoms with Crippen molar-refractivity contribution >= 4 is 11.8 Å². The zero-order chi connectivity index (χ0) is 17.4. The van der Waals surface area contributed by atoms with Crippen LogP contribution in [0.25, 0.3) is 0 Å². The second kappa shape index (κ2) is 6.78. The Kier molecular flexibility index (Phi) is 4.50. The van der Waals surface area contributed by atoms with E-state index in [9.17, 15) is 9.59 Å². The smallest absolute Gasteiger partial charge is 0.273 e. The first-order valence-corrected chi connectivity index (χ1v) is 9.42. The molecule has 3 N–H and O–H groups in total. The molecule has 25 heavy (non-hydrogen) atoms. The third-order valence-electron chi connectivity index (χ3n) is 5.71. The lowest BCUT2D eigenvalue weighted by atomic mass is 10.0. The van der Waals surface area contributed by atoms with Gasteiger partial charge in [0.05, 0.1) is 0 Å². The molecule has 2 aliphatic carbocycles. The molecule has 0 radical (unpaired) electrons. The maximum Gasteiger partial charge on any atom is 0.273 e. The lowest BCUT2D eigenvalue weighted by molar-refractivity contribution is -0.136. The van der Waals surface area contributed by atoms with E-state index in [0.717, 1.165) is 50.7 Å². The largest absolute Gasteiger partial charge is 0.360 e. The molecule has 3 aliphatic rings. The van der Waals surface area contributed by atoms with Crippen LogP contribution in [0.1, 0.15) is 67.1 Å². The predicted molar refractivity (Wildman–Crippen MR) is 90.9 cm³/mol. The molecule has 0 unspecified atom stereocenters. The van der Waals surface area contributed by atoms with E-state index in [4.69, 9.17) is 10.3 Å². The van der Waals surface area contributed by atoms with Crippen LogP contribution in [0.15, 0.2) is 10.6 Å². The van der Waals surface area contributed by atoms with E-state index >= 15 is 0 Å². The molecule has 4 rings (SSSR count). The average Bonchev–Trinajstić information content (AvgIpc) is 3.17. The maximum absolute atomic E-state index is 12.5. The highest BCUT2D eigenvalue weighted by molar-refractivity contribution is 5.92. The molecule has 1 saturated heterocycles. The molecule has 2 heterocycles. The first-order chi connectivity index (χ1) is 12.1. The number of likely N-dealkylation sites (tertiary alicyclic amines) is 1. The van der Waals surface area contributed by atoms with E-state index in [0.29, 0.717) is 24.7 Å². The predicted octanol–water partition coefficient (Wildman–Crippen LogP) is 1.40. The number of hydrogen-bond acceptors (Lipinski definition) is 5. The van der Waals surface area contributed by atoms with Gasteiger partial charge in [0.1, 0.15) is 5.76 Å². The van der Waals surface area contributed by atoms with Crippen LogP contribution in [-0.4, -0.2) is 47.0 Å². The number of nitrogens with two attached hydrogens (primary N) is 1. The van der Waals surface area contributed by atoms with E-state index < -0.39 is 0 Å². The fourth-order valence-corrected chi connectivity index (χ4v) is 3.96. The number of aromatic nitrogens is 1. The molecule has 1 aliphatic heterocycles. The van der Waals surface area contributed by atoms with E-state index in [1.54, 1.807) is 6.07 Å². The summed E-state index contributed by atoms with van der Waals surface area (Å²) in [6, 6.07) is 2.02. The van der Waals surface area contributed by atoms with Gasteiger partial charge in [0, 0.05) is 43.1 Å². The van der Waals surface area contributed by atoms with Crippen molar-refractivity contribution in [3.63, 3.8) is 0 Å². The number of hydrogen-bond donors (Lipinski definition) is 2. The third-order valence-corrected chi connectivity index (χ3v) is 5.71. The van der Waals surface area contributed by atoms with Crippen LogP contribution < -0.4 is 11.1 Å². The van der Waals surface area contributed by atoms with Gasteiger partial charge in [-0.05, 0) is 44.9 Å². The van der Waals surface area contributed by atoms with Crippen molar-refractivity contribution in [1.29, 1.82) is 0 Å². The van der Waals surface area contributed by atoms with Crippen LogP contribution in [0.4, 0.5) is 0 Å². The van der Waals surface area contributed by atoms with Crippen LogP contribution >= 0.6 is 0 Å². The lowest BCUT2D eigenvalue weighted by Gasteiger charge is -2.33. The van der Waals surface area contributed by atoms with Crippen molar-refractivity contribution in [3.8, 4) is 0 Å². The van der Waals surface area contributed by atoms with Gasteiger partial charge in [0.15, 0.2) is 5.69 Å². The molecule has 7 nitrogen and oxygen atoms in total. The summed E-state index contributed by atoms with van der Waals surface area (Å²) >= 11 is 0. The van der Waals surface area contributed by atoms with Gasteiger partial charge >= 0.3 is 0 Å². The highest BCUT2D eigenvalue weighted by Gasteiger charge is 2.33. The Labute approximate surface area is 147 Å². The van der Waals surface area contributed by atoms with Crippen molar-refractivity contribution in [2.24, 2.45) is 11.7 Å². The molecule has 0 bridgehead atoms. The van der Waals surface area contributed by atoms with Gasteiger partial charge in [0.2, 0.25) is 5.91 Å². The van der Waals surface area contributed by atoms with E-state index in [1.165, 1.54) is 0 Å². The van der Waals surface area contributed by atoms with Gasteiger partial charge < -0.3 is 20.5 Å².